The molecule has 0 unspecified atom stereocenters. The number of hydrogen-bond donors (Lipinski definition) is 3. The van der Waals surface area contributed by atoms with E-state index < -0.39 is 35.2 Å². The van der Waals surface area contributed by atoms with E-state index in [0.717, 1.165) is 17.7 Å². The van der Waals surface area contributed by atoms with E-state index in [1.165, 1.54) is 12.1 Å². The molecule has 6 nitrogen and oxygen atoms in total. The van der Waals surface area contributed by atoms with Crippen molar-refractivity contribution in [3.63, 3.8) is 0 Å². The van der Waals surface area contributed by atoms with Crippen molar-refractivity contribution in [3.05, 3.63) is 53.1 Å². The molecule has 1 amide bonds. The normalized spacial score (nSPS) is 11.8. The number of carbonyl (C=O) groups excluding carboxylic acids is 1. The Morgan fingerprint density at radius 2 is 1.68 bits per heavy atom. The van der Waals surface area contributed by atoms with Gasteiger partial charge in [0.15, 0.2) is 5.75 Å². The Morgan fingerprint density at radius 1 is 1.04 bits per heavy atom. The Labute approximate surface area is 158 Å². The molecule has 0 fully saturated rings. The SMILES string of the molecule is CC(C)(C)c1ccc(O)c(C(=O)Nc2ccc(C(=O)O)cc2OC(F)(F)F)c1. The number of halogens is 3. The van der Waals surface area contributed by atoms with Gasteiger partial charge in [-0.3, -0.25) is 4.79 Å². The van der Waals surface area contributed by atoms with Crippen LogP contribution in [0.1, 0.15) is 47.1 Å². The van der Waals surface area contributed by atoms with Crippen LogP contribution in [0.3, 0.4) is 0 Å². The molecule has 2 aromatic rings. The molecular weight excluding hydrogens is 379 g/mol. The molecule has 28 heavy (non-hydrogen) atoms. The molecule has 0 spiro atoms. The highest BCUT2D eigenvalue weighted by atomic mass is 19.4. The lowest BCUT2D eigenvalue weighted by molar-refractivity contribution is -0.274. The zero-order valence-electron chi connectivity index (χ0n) is 15.2. The highest BCUT2D eigenvalue weighted by Crippen LogP contribution is 2.33. The largest absolute Gasteiger partial charge is 0.573 e. The Hall–Kier alpha value is -3.23. The molecular formula is C19H18F3NO5. The van der Waals surface area contributed by atoms with E-state index in [2.05, 4.69) is 10.1 Å². The van der Waals surface area contributed by atoms with E-state index in [0.29, 0.717) is 6.07 Å². The molecule has 0 aliphatic rings. The van der Waals surface area contributed by atoms with Gasteiger partial charge in [-0.15, -0.1) is 13.2 Å². The van der Waals surface area contributed by atoms with E-state index in [9.17, 15) is 27.9 Å². The number of aromatic hydroxyl groups is 1. The van der Waals surface area contributed by atoms with Crippen LogP contribution >= 0.6 is 0 Å². The maximum absolute atomic E-state index is 12.6. The standard InChI is InChI=1S/C19H18F3NO5/c1-18(2,3)11-5-7-14(24)12(9-11)16(25)23-13-6-4-10(17(26)27)8-15(13)28-19(20,21)22/h4-9,24H,1-3H3,(H,23,25)(H,26,27). The fourth-order valence-corrected chi connectivity index (χ4v) is 2.34. The first kappa shape index (κ1) is 21.1. The van der Waals surface area contributed by atoms with Gasteiger partial charge in [-0.05, 0) is 41.3 Å². The predicted molar refractivity (Wildman–Crippen MR) is 94.8 cm³/mol. The van der Waals surface area contributed by atoms with E-state index >= 15 is 0 Å². The highest BCUT2D eigenvalue weighted by molar-refractivity contribution is 6.07. The minimum atomic E-state index is -5.09. The zero-order chi connectivity index (χ0) is 21.3. The van der Waals surface area contributed by atoms with Gasteiger partial charge in [0, 0.05) is 0 Å². The quantitative estimate of drug-likeness (QED) is 0.704. The summed E-state index contributed by atoms with van der Waals surface area (Å²) in [6.45, 7) is 5.67. The molecule has 0 saturated carbocycles. The van der Waals surface area contributed by atoms with Crippen LogP contribution in [0.15, 0.2) is 36.4 Å². The third-order valence-electron chi connectivity index (χ3n) is 3.81. The van der Waals surface area contributed by atoms with Crippen LogP contribution in [0.25, 0.3) is 0 Å². The number of phenolic OH excluding ortho intramolecular Hbond substituents is 1. The van der Waals surface area contributed by atoms with Gasteiger partial charge >= 0.3 is 12.3 Å². The van der Waals surface area contributed by atoms with Crippen molar-refractivity contribution < 1.29 is 37.7 Å². The van der Waals surface area contributed by atoms with Crippen molar-refractivity contribution in [3.8, 4) is 11.5 Å². The Bertz CT molecular complexity index is 917. The lowest BCUT2D eigenvalue weighted by Gasteiger charge is -2.20. The van der Waals surface area contributed by atoms with Crippen molar-refractivity contribution >= 4 is 17.6 Å². The summed E-state index contributed by atoms with van der Waals surface area (Å²) in [5.74, 6) is -3.57. The van der Waals surface area contributed by atoms with Gasteiger partial charge in [-0.2, -0.15) is 0 Å². The fraction of sp³-hybridized carbons (Fsp3) is 0.263. The summed E-state index contributed by atoms with van der Waals surface area (Å²) in [6, 6.07) is 7.03. The third-order valence-corrected chi connectivity index (χ3v) is 3.81. The molecule has 3 N–H and O–H groups in total. The Kier molecular flexibility index (Phi) is 5.58. The molecule has 150 valence electrons. The summed E-state index contributed by atoms with van der Waals surface area (Å²) < 4.78 is 41.7. The fourth-order valence-electron chi connectivity index (χ4n) is 2.34. The molecule has 0 aliphatic heterocycles. The number of ether oxygens (including phenoxy) is 1. The summed E-state index contributed by atoms with van der Waals surface area (Å²) in [5.41, 5.74) is -0.602. The van der Waals surface area contributed by atoms with Crippen LogP contribution in [0.5, 0.6) is 11.5 Å². The molecule has 0 radical (unpaired) electrons. The second-order valence-corrected chi connectivity index (χ2v) is 7.00. The number of alkyl halides is 3. The molecule has 0 aromatic heterocycles. The predicted octanol–water partition coefficient (Wildman–Crippen LogP) is 4.54. The van der Waals surface area contributed by atoms with Crippen LogP contribution < -0.4 is 10.1 Å². The Morgan fingerprint density at radius 3 is 2.21 bits per heavy atom. The smallest absolute Gasteiger partial charge is 0.507 e. The average Bonchev–Trinajstić information content (AvgIpc) is 2.54. The van der Waals surface area contributed by atoms with E-state index in [-0.39, 0.29) is 16.7 Å². The third kappa shape index (κ3) is 5.15. The first-order valence-corrected chi connectivity index (χ1v) is 8.06. The minimum Gasteiger partial charge on any atom is -0.507 e. The number of hydrogen-bond acceptors (Lipinski definition) is 4. The summed E-state index contributed by atoms with van der Waals surface area (Å²) in [6.07, 6.45) is -5.09. The number of carboxylic acids is 1. The number of rotatable bonds is 4. The molecule has 9 heteroatoms. The molecule has 2 rings (SSSR count). The summed E-state index contributed by atoms with van der Waals surface area (Å²) in [7, 11) is 0. The number of benzene rings is 2. The first-order chi connectivity index (χ1) is 12.8. The number of amides is 1. The number of carboxylic acid groups (broad SMARTS) is 1. The van der Waals surface area contributed by atoms with Gasteiger partial charge in [-0.1, -0.05) is 26.8 Å². The van der Waals surface area contributed by atoms with E-state index in [1.807, 2.05) is 20.8 Å². The zero-order valence-corrected chi connectivity index (χ0v) is 15.2. The van der Waals surface area contributed by atoms with Crippen LogP contribution in [0, 0.1) is 0 Å². The van der Waals surface area contributed by atoms with Crippen molar-refractivity contribution in [2.45, 2.75) is 32.5 Å². The van der Waals surface area contributed by atoms with Gasteiger partial charge in [0.2, 0.25) is 0 Å². The number of anilines is 1. The van der Waals surface area contributed by atoms with E-state index in [4.69, 9.17) is 5.11 Å². The van der Waals surface area contributed by atoms with Crippen molar-refractivity contribution in [1.82, 2.24) is 0 Å². The molecule has 0 atom stereocenters. The minimum absolute atomic E-state index is 0.146. The summed E-state index contributed by atoms with van der Waals surface area (Å²) in [5, 5.41) is 21.1. The van der Waals surface area contributed by atoms with E-state index in [1.54, 1.807) is 6.07 Å². The molecule has 0 heterocycles. The summed E-state index contributed by atoms with van der Waals surface area (Å²) in [4.78, 5) is 23.5. The summed E-state index contributed by atoms with van der Waals surface area (Å²) >= 11 is 0. The van der Waals surface area contributed by atoms with Gasteiger partial charge in [0.25, 0.3) is 5.91 Å². The molecule has 0 aliphatic carbocycles. The lowest BCUT2D eigenvalue weighted by atomic mass is 9.86. The number of phenols is 1. The lowest BCUT2D eigenvalue weighted by Crippen LogP contribution is -2.20. The van der Waals surface area contributed by atoms with Gasteiger partial charge in [0.05, 0.1) is 16.8 Å². The number of nitrogens with one attached hydrogen (secondary N) is 1. The average molecular weight is 397 g/mol. The maximum atomic E-state index is 12.6. The van der Waals surface area contributed by atoms with Gasteiger partial charge < -0.3 is 20.3 Å². The first-order valence-electron chi connectivity index (χ1n) is 8.06. The highest BCUT2D eigenvalue weighted by Gasteiger charge is 2.33. The van der Waals surface area contributed by atoms with Gasteiger partial charge in [0.1, 0.15) is 5.75 Å². The second kappa shape index (κ2) is 7.41. The maximum Gasteiger partial charge on any atom is 0.573 e. The monoisotopic (exact) mass is 397 g/mol. The number of carbonyl (C=O) groups is 2. The van der Waals surface area contributed by atoms with Crippen LogP contribution in [-0.2, 0) is 5.41 Å². The Balaban J connectivity index is 2.42. The molecule has 2 aromatic carbocycles. The van der Waals surface area contributed by atoms with Crippen LogP contribution in [0.2, 0.25) is 0 Å². The van der Waals surface area contributed by atoms with Crippen LogP contribution in [0.4, 0.5) is 18.9 Å². The second-order valence-electron chi connectivity index (χ2n) is 7.00. The number of aromatic carboxylic acids is 1. The van der Waals surface area contributed by atoms with Crippen molar-refractivity contribution in [2.75, 3.05) is 5.32 Å². The van der Waals surface area contributed by atoms with Crippen molar-refractivity contribution in [2.24, 2.45) is 0 Å². The molecule has 0 bridgehead atoms. The van der Waals surface area contributed by atoms with Gasteiger partial charge in [-0.25, -0.2) is 4.79 Å². The van der Waals surface area contributed by atoms with Crippen molar-refractivity contribution in [1.29, 1.82) is 0 Å². The van der Waals surface area contributed by atoms with Crippen LogP contribution in [-0.4, -0.2) is 28.5 Å². The molecule has 0 saturated heterocycles. The topological polar surface area (TPSA) is 95.9 Å².